The number of nitrogens with zero attached hydrogens (tertiary/aromatic N) is 3. The number of aryl methyl sites for hydroxylation is 3. The molecule has 0 aliphatic carbocycles. The lowest BCUT2D eigenvalue weighted by atomic mass is 10.0. The summed E-state index contributed by atoms with van der Waals surface area (Å²) in [6.07, 6.45) is 10.7. The van der Waals surface area contributed by atoms with Gasteiger partial charge in [-0.15, -0.1) is 0 Å². The number of rotatable bonds is 27. The Hall–Kier alpha value is -6.12. The summed E-state index contributed by atoms with van der Waals surface area (Å²) in [7, 11) is 0. The molecular weight excluding hydrogens is 871 g/mol. The van der Waals surface area contributed by atoms with Crippen LogP contribution >= 0.6 is 0 Å². The van der Waals surface area contributed by atoms with E-state index < -0.39 is 35.2 Å². The van der Waals surface area contributed by atoms with Gasteiger partial charge in [-0.05, 0) is 149 Å². The summed E-state index contributed by atoms with van der Waals surface area (Å²) in [6.45, 7) is 18.5. The van der Waals surface area contributed by atoms with Gasteiger partial charge in [0.15, 0.2) is 0 Å². The van der Waals surface area contributed by atoms with E-state index >= 15 is 0 Å². The van der Waals surface area contributed by atoms with E-state index in [1.807, 2.05) is 93.6 Å². The number of nitrogens with one attached hydrogen (secondary N) is 6. The Morgan fingerprint density at radius 1 is 0.406 bits per heavy atom. The first-order chi connectivity index (χ1) is 33.0. The van der Waals surface area contributed by atoms with Gasteiger partial charge in [-0.2, -0.15) is 0 Å². The monoisotopic (exact) mass is 952 g/mol. The van der Waals surface area contributed by atoms with Crippen molar-refractivity contribution in [2.75, 3.05) is 35.6 Å². The molecule has 4 rings (SSSR count). The number of anilines is 3. The van der Waals surface area contributed by atoms with Gasteiger partial charge in [-0.3, -0.25) is 0 Å². The largest absolute Gasteiger partial charge is 0.338 e. The summed E-state index contributed by atoms with van der Waals surface area (Å²) in [5.41, 5.74) is 3.56. The molecule has 0 aliphatic rings. The minimum Gasteiger partial charge on any atom is -0.338 e. The molecule has 15 nitrogen and oxygen atoms in total. The zero-order valence-electron chi connectivity index (χ0n) is 42.8. The van der Waals surface area contributed by atoms with Gasteiger partial charge in [0.1, 0.15) is 0 Å². The van der Waals surface area contributed by atoms with E-state index in [4.69, 9.17) is 0 Å². The van der Waals surface area contributed by atoms with E-state index in [2.05, 4.69) is 52.7 Å². The van der Waals surface area contributed by atoms with Gasteiger partial charge < -0.3 is 31.9 Å². The van der Waals surface area contributed by atoms with Gasteiger partial charge in [0, 0.05) is 54.8 Å². The van der Waals surface area contributed by atoms with Crippen LogP contribution in [0.4, 0.5) is 31.4 Å². The average molecular weight is 952 g/mol. The maximum absolute atomic E-state index is 14.4. The van der Waals surface area contributed by atoms with Crippen LogP contribution in [0.15, 0.2) is 87.2 Å². The molecule has 0 saturated carbocycles. The van der Waals surface area contributed by atoms with Gasteiger partial charge >= 0.3 is 35.2 Å². The number of urea groups is 3. The topological polar surface area (TPSA) is 189 Å². The summed E-state index contributed by atoms with van der Waals surface area (Å²) in [5, 5.41) is 17.4. The van der Waals surface area contributed by atoms with E-state index in [9.17, 15) is 28.8 Å². The smallest absolute Gasteiger partial charge is 0.336 e. The van der Waals surface area contributed by atoms with E-state index in [0.29, 0.717) is 36.3 Å². The van der Waals surface area contributed by atoms with Crippen LogP contribution in [0.3, 0.4) is 0 Å². The Labute approximate surface area is 409 Å². The molecule has 6 amide bonds. The molecule has 0 spiro atoms. The third-order valence-corrected chi connectivity index (χ3v) is 12.7. The van der Waals surface area contributed by atoms with Crippen LogP contribution in [0.2, 0.25) is 0 Å². The summed E-state index contributed by atoms with van der Waals surface area (Å²) in [6, 6.07) is 20.4. The van der Waals surface area contributed by atoms with Crippen molar-refractivity contribution >= 4 is 35.2 Å². The molecule has 0 radical (unpaired) electrons. The Morgan fingerprint density at radius 2 is 0.638 bits per heavy atom. The van der Waals surface area contributed by atoms with Crippen LogP contribution in [0.25, 0.3) is 0 Å². The molecule has 15 heteroatoms. The lowest BCUT2D eigenvalue weighted by Crippen LogP contribution is -2.57. The fourth-order valence-electron chi connectivity index (χ4n) is 8.77. The molecule has 1 heterocycles. The van der Waals surface area contributed by atoms with Crippen molar-refractivity contribution in [2.45, 2.75) is 157 Å². The number of benzene rings is 3. The second-order valence-electron chi connectivity index (χ2n) is 19.4. The highest BCUT2D eigenvalue weighted by Crippen LogP contribution is 2.20. The van der Waals surface area contributed by atoms with E-state index in [1.54, 1.807) is 20.8 Å². The number of unbranched alkanes of at least 4 members (excludes halogenated alkanes) is 3. The van der Waals surface area contributed by atoms with Crippen molar-refractivity contribution in [3.8, 4) is 0 Å². The number of carbonyl (C=O) groups excluding carboxylic acids is 3. The molecule has 4 aromatic rings. The first-order valence-corrected chi connectivity index (χ1v) is 25.4. The second-order valence-corrected chi connectivity index (χ2v) is 19.4. The lowest BCUT2D eigenvalue weighted by Gasteiger charge is -2.27. The first-order valence-electron chi connectivity index (χ1n) is 25.4. The molecule has 378 valence electrons. The van der Waals surface area contributed by atoms with Gasteiger partial charge in [-0.25, -0.2) is 42.5 Å². The van der Waals surface area contributed by atoms with Crippen LogP contribution in [-0.4, -0.2) is 51.4 Å². The van der Waals surface area contributed by atoms with Crippen molar-refractivity contribution < 1.29 is 14.4 Å². The Bertz CT molecular complexity index is 2100. The zero-order valence-corrected chi connectivity index (χ0v) is 42.8. The SMILES string of the molecule is CCCCc1ccc(NC(=O)NC[C@@H](C)C[C@H](C)n2c(=O)n([C@@H](C)C[C@H](C)CNC(=O)Nc3ccc(CCCC)cc3)c(=O)n([C@@H](C)C[C@H](C)CNC(=O)Nc3ccc(CCCC)cc3)c2=O)cc1. The summed E-state index contributed by atoms with van der Waals surface area (Å²) in [4.78, 5) is 82.0. The van der Waals surface area contributed by atoms with Crippen molar-refractivity contribution in [2.24, 2.45) is 17.8 Å². The number of hydrogen-bond donors (Lipinski definition) is 6. The molecule has 3 aromatic carbocycles. The Balaban J connectivity index is 1.47. The van der Waals surface area contributed by atoms with Gasteiger partial charge in [0.25, 0.3) is 0 Å². The summed E-state index contributed by atoms with van der Waals surface area (Å²) >= 11 is 0. The molecule has 0 aliphatic heterocycles. The zero-order chi connectivity index (χ0) is 50.5. The molecular formula is C54H81N9O6. The Kier molecular flexibility index (Phi) is 22.8. The van der Waals surface area contributed by atoms with E-state index in [1.165, 1.54) is 30.4 Å². The molecule has 6 N–H and O–H groups in total. The fourth-order valence-corrected chi connectivity index (χ4v) is 8.77. The predicted molar refractivity (Wildman–Crippen MR) is 281 cm³/mol. The van der Waals surface area contributed by atoms with Crippen LogP contribution in [-0.2, 0) is 19.3 Å². The van der Waals surface area contributed by atoms with Crippen molar-refractivity contribution in [1.29, 1.82) is 0 Å². The maximum Gasteiger partial charge on any atom is 0.336 e. The quantitative estimate of drug-likeness (QED) is 0.0345. The van der Waals surface area contributed by atoms with Crippen LogP contribution in [0, 0.1) is 17.8 Å². The minimum atomic E-state index is -0.709. The highest BCUT2D eigenvalue weighted by atomic mass is 16.2. The normalized spacial score (nSPS) is 13.9. The average Bonchev–Trinajstić information content (AvgIpc) is 3.31. The third kappa shape index (κ3) is 18.0. The second kappa shape index (κ2) is 28.4. The molecule has 1 aromatic heterocycles. The molecule has 0 fully saturated rings. The Morgan fingerprint density at radius 3 is 0.855 bits per heavy atom. The number of aromatic nitrogens is 3. The molecule has 69 heavy (non-hydrogen) atoms. The summed E-state index contributed by atoms with van der Waals surface area (Å²) < 4.78 is 3.50. The summed E-state index contributed by atoms with van der Waals surface area (Å²) in [5.74, 6) is -0.445. The number of carbonyl (C=O) groups is 3. The fraction of sp³-hybridized carbons (Fsp3) is 0.556. The highest BCUT2D eigenvalue weighted by Gasteiger charge is 2.27. The highest BCUT2D eigenvalue weighted by molar-refractivity contribution is 5.90. The molecule has 0 bridgehead atoms. The molecule has 6 atom stereocenters. The van der Waals surface area contributed by atoms with Crippen LogP contribution < -0.4 is 49.0 Å². The maximum atomic E-state index is 14.4. The first kappa shape index (κ1) is 55.5. The van der Waals surface area contributed by atoms with Crippen molar-refractivity contribution in [1.82, 2.24) is 29.7 Å². The molecule has 0 unspecified atom stereocenters. The van der Waals surface area contributed by atoms with Gasteiger partial charge in [0.05, 0.1) is 0 Å². The standard InChI is InChI=1S/C54H81N9O6/c1-10-13-16-43-19-25-46(26-20-43)58-49(64)55-34-37(4)31-40(7)61-52(67)62(41(8)32-38(5)35-56-50(65)59-47-27-21-44(22-28-47)17-14-11-2)54(69)63(53(61)68)42(9)33-39(6)36-57-51(66)60-48-29-23-45(24-30-48)18-15-12-3/h19-30,37-42H,10-18,31-36H2,1-9H3,(H2,55,58,64)(H2,56,59,65)(H2,57,60,66)/t37-,38-,39-,40-,41-,42-/m0/s1. The number of amides is 6. The molecule has 0 saturated heterocycles. The van der Waals surface area contributed by atoms with Crippen molar-refractivity contribution in [3.05, 3.63) is 121 Å². The van der Waals surface area contributed by atoms with E-state index in [-0.39, 0.29) is 55.5 Å². The van der Waals surface area contributed by atoms with E-state index in [0.717, 1.165) is 57.8 Å². The van der Waals surface area contributed by atoms with Gasteiger partial charge in [-0.1, -0.05) is 97.2 Å². The van der Waals surface area contributed by atoms with Crippen LogP contribution in [0.1, 0.15) is 155 Å². The number of hydrogen-bond acceptors (Lipinski definition) is 6. The lowest BCUT2D eigenvalue weighted by molar-refractivity contribution is 0.247. The van der Waals surface area contributed by atoms with Gasteiger partial charge in [0.2, 0.25) is 0 Å². The minimum absolute atomic E-state index is 0.148. The third-order valence-electron chi connectivity index (χ3n) is 12.7. The van der Waals surface area contributed by atoms with Crippen LogP contribution in [0.5, 0.6) is 0 Å². The predicted octanol–water partition coefficient (Wildman–Crippen LogP) is 10.4. The van der Waals surface area contributed by atoms with Crippen molar-refractivity contribution in [3.63, 3.8) is 0 Å².